The summed E-state index contributed by atoms with van der Waals surface area (Å²) in [7, 11) is 1.91. The average molecular weight is 335 g/mol. The molecule has 3 amide bonds. The van der Waals surface area contributed by atoms with Gasteiger partial charge in [-0.05, 0) is 50.4 Å². The Hall–Kier alpha value is -1.26. The maximum absolute atomic E-state index is 12.6. The minimum atomic E-state index is 0.114. The van der Waals surface area contributed by atoms with Crippen molar-refractivity contribution >= 4 is 11.9 Å². The highest BCUT2D eigenvalue weighted by Crippen LogP contribution is 2.39. The van der Waals surface area contributed by atoms with Crippen molar-refractivity contribution in [2.45, 2.75) is 70.8 Å². The van der Waals surface area contributed by atoms with E-state index >= 15 is 0 Å². The van der Waals surface area contributed by atoms with E-state index in [0.29, 0.717) is 12.3 Å². The third-order valence-electron chi connectivity index (χ3n) is 6.69. The monoisotopic (exact) mass is 335 g/mol. The SMILES string of the molecule is C[C@H](NC(=O)N1CCC2(CCC(=O)N(C)C2)CC1)C1CCCCC1. The van der Waals surface area contributed by atoms with Crippen LogP contribution in [0, 0.1) is 11.3 Å². The van der Waals surface area contributed by atoms with Gasteiger partial charge in [0.05, 0.1) is 0 Å². The topological polar surface area (TPSA) is 52.7 Å². The number of urea groups is 1. The molecule has 24 heavy (non-hydrogen) atoms. The molecule has 0 aromatic rings. The predicted molar refractivity (Wildman–Crippen MR) is 94.7 cm³/mol. The summed E-state index contributed by atoms with van der Waals surface area (Å²) in [5.74, 6) is 0.916. The van der Waals surface area contributed by atoms with Gasteiger partial charge in [-0.2, -0.15) is 0 Å². The Kier molecular flexibility index (Phi) is 5.36. The molecule has 136 valence electrons. The molecule has 5 heteroatoms. The second kappa shape index (κ2) is 7.32. The molecule has 3 fully saturated rings. The second-order valence-electron chi connectivity index (χ2n) is 8.37. The summed E-state index contributed by atoms with van der Waals surface area (Å²) in [5, 5.41) is 3.25. The first kappa shape index (κ1) is 17.6. The van der Waals surface area contributed by atoms with E-state index in [2.05, 4.69) is 12.2 Å². The van der Waals surface area contributed by atoms with Crippen LogP contribution < -0.4 is 5.32 Å². The fourth-order valence-corrected chi connectivity index (χ4v) is 4.86. The lowest BCUT2D eigenvalue weighted by atomic mass is 9.72. The zero-order valence-electron chi connectivity index (χ0n) is 15.4. The van der Waals surface area contributed by atoms with Crippen LogP contribution in [0.1, 0.15) is 64.7 Å². The van der Waals surface area contributed by atoms with Gasteiger partial charge in [-0.15, -0.1) is 0 Å². The summed E-state index contributed by atoms with van der Waals surface area (Å²) in [6, 6.07) is 0.398. The summed E-state index contributed by atoms with van der Waals surface area (Å²) in [6.45, 7) is 4.68. The highest BCUT2D eigenvalue weighted by atomic mass is 16.2. The van der Waals surface area contributed by atoms with Crippen molar-refractivity contribution in [1.29, 1.82) is 0 Å². The van der Waals surface area contributed by atoms with Gasteiger partial charge in [0, 0.05) is 39.1 Å². The number of nitrogens with zero attached hydrogens (tertiary/aromatic N) is 2. The van der Waals surface area contributed by atoms with E-state index in [-0.39, 0.29) is 23.4 Å². The summed E-state index contributed by atoms with van der Waals surface area (Å²) in [6.07, 6.45) is 10.2. The third kappa shape index (κ3) is 3.86. The molecule has 2 aliphatic heterocycles. The lowest BCUT2D eigenvalue weighted by Gasteiger charge is -2.46. The fraction of sp³-hybridized carbons (Fsp3) is 0.895. The van der Waals surface area contributed by atoms with E-state index in [1.165, 1.54) is 32.1 Å². The van der Waals surface area contributed by atoms with Gasteiger partial charge < -0.3 is 15.1 Å². The fourth-order valence-electron chi connectivity index (χ4n) is 4.86. The smallest absolute Gasteiger partial charge is 0.317 e. The van der Waals surface area contributed by atoms with Gasteiger partial charge in [-0.3, -0.25) is 4.79 Å². The highest BCUT2D eigenvalue weighted by Gasteiger charge is 2.40. The highest BCUT2D eigenvalue weighted by molar-refractivity contribution is 5.77. The van der Waals surface area contributed by atoms with Gasteiger partial charge in [0.25, 0.3) is 0 Å². The number of carbonyl (C=O) groups excluding carboxylic acids is 2. The quantitative estimate of drug-likeness (QED) is 0.843. The molecule has 1 N–H and O–H groups in total. The van der Waals surface area contributed by atoms with Crippen molar-refractivity contribution in [3.05, 3.63) is 0 Å². The van der Waals surface area contributed by atoms with Crippen molar-refractivity contribution in [3.63, 3.8) is 0 Å². The Morgan fingerprint density at radius 3 is 2.46 bits per heavy atom. The summed E-state index contributed by atoms with van der Waals surface area (Å²) in [5.41, 5.74) is 0.244. The molecular weight excluding hydrogens is 302 g/mol. The third-order valence-corrected chi connectivity index (χ3v) is 6.69. The number of amides is 3. The Bertz CT molecular complexity index is 465. The Morgan fingerprint density at radius 2 is 1.83 bits per heavy atom. The molecule has 0 radical (unpaired) electrons. The van der Waals surface area contributed by atoms with Crippen LogP contribution in [-0.2, 0) is 4.79 Å². The van der Waals surface area contributed by atoms with Gasteiger partial charge >= 0.3 is 6.03 Å². The maximum atomic E-state index is 12.6. The van der Waals surface area contributed by atoms with E-state index in [1.54, 1.807) is 0 Å². The van der Waals surface area contributed by atoms with Crippen molar-refractivity contribution in [3.8, 4) is 0 Å². The maximum Gasteiger partial charge on any atom is 0.317 e. The molecule has 0 aromatic heterocycles. The van der Waals surface area contributed by atoms with Gasteiger partial charge in [-0.1, -0.05) is 19.3 Å². The predicted octanol–water partition coefficient (Wildman–Crippen LogP) is 3.00. The molecule has 1 aliphatic carbocycles. The molecule has 3 aliphatic rings. The minimum Gasteiger partial charge on any atom is -0.345 e. The zero-order chi connectivity index (χ0) is 17.2. The van der Waals surface area contributed by atoms with Crippen molar-refractivity contribution in [2.24, 2.45) is 11.3 Å². The van der Waals surface area contributed by atoms with E-state index in [9.17, 15) is 9.59 Å². The number of likely N-dealkylation sites (tertiary alicyclic amines) is 2. The number of hydrogen-bond acceptors (Lipinski definition) is 2. The van der Waals surface area contributed by atoms with Crippen LogP contribution >= 0.6 is 0 Å². The summed E-state index contributed by atoms with van der Waals surface area (Å²) >= 11 is 0. The lowest BCUT2D eigenvalue weighted by Crippen LogP contribution is -2.54. The second-order valence-corrected chi connectivity index (χ2v) is 8.37. The molecule has 5 nitrogen and oxygen atoms in total. The molecule has 3 rings (SSSR count). The zero-order valence-corrected chi connectivity index (χ0v) is 15.4. The minimum absolute atomic E-state index is 0.114. The number of carbonyl (C=O) groups is 2. The number of piperidine rings is 2. The Labute approximate surface area is 146 Å². The normalized spacial score (nSPS) is 26.5. The molecule has 1 spiro atoms. The number of rotatable bonds is 2. The van der Waals surface area contributed by atoms with E-state index in [0.717, 1.165) is 38.9 Å². The molecule has 1 atom stereocenters. The lowest BCUT2D eigenvalue weighted by molar-refractivity contribution is -0.137. The van der Waals surface area contributed by atoms with Crippen LogP contribution in [0.25, 0.3) is 0 Å². The Balaban J connectivity index is 1.47. The molecule has 0 aromatic carbocycles. The van der Waals surface area contributed by atoms with Crippen molar-refractivity contribution in [1.82, 2.24) is 15.1 Å². The first-order valence-corrected chi connectivity index (χ1v) is 9.78. The van der Waals surface area contributed by atoms with Crippen LogP contribution in [0.15, 0.2) is 0 Å². The van der Waals surface area contributed by atoms with Gasteiger partial charge in [0.1, 0.15) is 0 Å². The van der Waals surface area contributed by atoms with Crippen LogP contribution in [0.2, 0.25) is 0 Å². The average Bonchev–Trinajstić information content (AvgIpc) is 2.60. The van der Waals surface area contributed by atoms with Gasteiger partial charge in [-0.25, -0.2) is 4.79 Å². The van der Waals surface area contributed by atoms with Crippen LogP contribution in [0.3, 0.4) is 0 Å². The van der Waals surface area contributed by atoms with Crippen molar-refractivity contribution < 1.29 is 9.59 Å². The molecule has 1 saturated carbocycles. The largest absolute Gasteiger partial charge is 0.345 e. The van der Waals surface area contributed by atoms with Crippen LogP contribution in [-0.4, -0.2) is 54.5 Å². The van der Waals surface area contributed by atoms with Crippen LogP contribution in [0.4, 0.5) is 4.79 Å². The van der Waals surface area contributed by atoms with E-state index in [4.69, 9.17) is 0 Å². The standard InChI is InChI=1S/C19H33N3O2/c1-15(16-6-4-3-5-7-16)20-18(24)22-12-10-19(11-13-22)9-8-17(23)21(2)14-19/h15-16H,3-14H2,1-2H3,(H,20,24)/t15-/m0/s1. The summed E-state index contributed by atoms with van der Waals surface area (Å²) < 4.78 is 0. The van der Waals surface area contributed by atoms with Gasteiger partial charge in [0.15, 0.2) is 0 Å². The van der Waals surface area contributed by atoms with Crippen molar-refractivity contribution in [2.75, 3.05) is 26.7 Å². The van der Waals surface area contributed by atoms with E-state index in [1.807, 2.05) is 16.8 Å². The van der Waals surface area contributed by atoms with Gasteiger partial charge in [0.2, 0.25) is 5.91 Å². The molecule has 0 unspecified atom stereocenters. The molecule has 2 heterocycles. The first-order chi connectivity index (χ1) is 11.5. The number of nitrogens with one attached hydrogen (secondary N) is 1. The molecular formula is C19H33N3O2. The molecule has 2 saturated heterocycles. The Morgan fingerprint density at radius 1 is 1.17 bits per heavy atom. The summed E-state index contributed by atoms with van der Waals surface area (Å²) in [4.78, 5) is 28.2. The molecule has 0 bridgehead atoms. The number of hydrogen-bond donors (Lipinski definition) is 1. The van der Waals surface area contributed by atoms with Crippen LogP contribution in [0.5, 0.6) is 0 Å². The first-order valence-electron chi connectivity index (χ1n) is 9.78. The van der Waals surface area contributed by atoms with E-state index < -0.39 is 0 Å².